The zero-order valence-electron chi connectivity index (χ0n) is 19.0. The second kappa shape index (κ2) is 8.77. The zero-order valence-corrected chi connectivity index (χ0v) is 20.0. The predicted molar refractivity (Wildman–Crippen MR) is 112 cm³/mol. The Bertz CT molecular complexity index is 1540. The maximum Gasteiger partial charge on any atom is 1.00 e. The summed E-state index contributed by atoms with van der Waals surface area (Å²) in [5.74, 6) is -1.76. The molecular formula is C20H20N5NaO6. The van der Waals surface area contributed by atoms with E-state index in [9.17, 15) is 24.3 Å². The van der Waals surface area contributed by atoms with Crippen LogP contribution >= 0.6 is 0 Å². The Morgan fingerprint density at radius 1 is 1.09 bits per heavy atom. The molecule has 0 bridgehead atoms. The number of ether oxygens (including phenoxy) is 1. The van der Waals surface area contributed by atoms with Crippen LogP contribution < -0.4 is 46.4 Å². The average molecular weight is 449 g/mol. The van der Waals surface area contributed by atoms with Crippen LogP contribution in [0.25, 0.3) is 16.9 Å². The summed E-state index contributed by atoms with van der Waals surface area (Å²) in [6.45, 7) is 1.59. The number of hydrogen-bond donors (Lipinski definition) is 1. The van der Waals surface area contributed by atoms with E-state index in [0.717, 1.165) is 19.1 Å². The van der Waals surface area contributed by atoms with Crippen molar-refractivity contribution < 1.29 is 45.6 Å². The maximum absolute atomic E-state index is 13.2. The molecule has 1 aromatic carbocycles. The van der Waals surface area contributed by atoms with Gasteiger partial charge in [0.05, 0.1) is 13.2 Å². The maximum atomic E-state index is 13.2. The summed E-state index contributed by atoms with van der Waals surface area (Å²) in [5, 5.41) is 10.9. The predicted octanol–water partition coefficient (Wildman–Crippen LogP) is -2.91. The van der Waals surface area contributed by atoms with Crippen LogP contribution in [0.3, 0.4) is 0 Å². The largest absolute Gasteiger partial charge is 1.00 e. The first kappa shape index (κ1) is 23.5. The van der Waals surface area contributed by atoms with Gasteiger partial charge in [-0.1, -0.05) is 30.3 Å². The van der Waals surface area contributed by atoms with Crippen molar-refractivity contribution in [3.05, 3.63) is 72.7 Å². The van der Waals surface area contributed by atoms with Crippen molar-refractivity contribution in [3.63, 3.8) is 0 Å². The molecule has 0 aliphatic rings. The Morgan fingerprint density at radius 2 is 1.75 bits per heavy atom. The Kier molecular flexibility index (Phi) is 6.44. The van der Waals surface area contributed by atoms with E-state index in [2.05, 4.69) is 4.98 Å². The number of aromatic nitrogens is 5. The molecule has 0 atom stereocenters. The summed E-state index contributed by atoms with van der Waals surface area (Å²) in [5.41, 5.74) is -2.46. The fourth-order valence-electron chi connectivity index (χ4n) is 3.49. The van der Waals surface area contributed by atoms with Crippen LogP contribution in [0.15, 0.2) is 44.7 Å². The van der Waals surface area contributed by atoms with Gasteiger partial charge < -0.3 is 11.3 Å². The van der Waals surface area contributed by atoms with Crippen LogP contribution in [0.1, 0.15) is 24.3 Å². The number of benzene rings is 1. The molecule has 162 valence electrons. The van der Waals surface area contributed by atoms with Gasteiger partial charge in [0.2, 0.25) is 11.7 Å². The SMILES string of the molecule is CCOC(=O)c1c(O)n(Cc2ccccc2)c2nc3c(c(=O)n(C)c(=O)n3C)n2c1=O.[H-].[Na+]. The van der Waals surface area contributed by atoms with Crippen molar-refractivity contribution in [1.82, 2.24) is 23.1 Å². The van der Waals surface area contributed by atoms with Gasteiger partial charge in [-0.25, -0.2) is 14.0 Å². The molecule has 3 heterocycles. The second-order valence-corrected chi connectivity index (χ2v) is 6.92. The number of aromatic hydroxyl groups is 1. The van der Waals surface area contributed by atoms with E-state index in [-0.39, 0.29) is 61.1 Å². The van der Waals surface area contributed by atoms with Crippen LogP contribution in [0, 0.1) is 0 Å². The van der Waals surface area contributed by atoms with Crippen molar-refractivity contribution in [1.29, 1.82) is 0 Å². The monoisotopic (exact) mass is 449 g/mol. The molecule has 0 unspecified atom stereocenters. The van der Waals surface area contributed by atoms with E-state index in [1.807, 2.05) is 6.07 Å². The number of imidazole rings is 1. The normalized spacial score (nSPS) is 11.0. The van der Waals surface area contributed by atoms with Gasteiger partial charge >= 0.3 is 41.2 Å². The summed E-state index contributed by atoms with van der Waals surface area (Å²) >= 11 is 0. The van der Waals surface area contributed by atoms with Gasteiger partial charge in [-0.15, -0.1) is 0 Å². The molecule has 0 saturated carbocycles. The first-order valence-electron chi connectivity index (χ1n) is 9.42. The topological polar surface area (TPSA) is 130 Å². The van der Waals surface area contributed by atoms with Crippen molar-refractivity contribution in [3.8, 4) is 5.88 Å². The van der Waals surface area contributed by atoms with Gasteiger partial charge in [0, 0.05) is 14.1 Å². The van der Waals surface area contributed by atoms with Crippen molar-refractivity contribution >= 4 is 22.9 Å². The fraction of sp³-hybridized carbons (Fsp3) is 0.250. The number of rotatable bonds is 4. The Hall–Kier alpha value is -3.15. The van der Waals surface area contributed by atoms with Gasteiger partial charge in [0.25, 0.3) is 11.1 Å². The smallest absolute Gasteiger partial charge is 1.00 e. The number of esters is 1. The minimum Gasteiger partial charge on any atom is -1.00 e. The molecule has 0 aliphatic carbocycles. The van der Waals surface area contributed by atoms with E-state index < -0.39 is 34.2 Å². The molecule has 3 aromatic heterocycles. The standard InChI is InChI=1S/C20H19N5O6.Na.H/c1-4-31-18(29)12-15(26)24(10-11-8-6-5-7-9-11)19-21-14-13(25(19)16(12)27)17(28)23(3)20(30)22(14)2;;/h5-9,26H,4,10H2,1-3H3;;/q;+1;-1. The van der Waals surface area contributed by atoms with Crippen LogP contribution in [-0.4, -0.2) is 40.8 Å². The quantitative estimate of drug-likeness (QED) is 0.261. The number of carbonyl (C=O) groups excluding carboxylic acids is 1. The van der Waals surface area contributed by atoms with E-state index >= 15 is 0 Å². The van der Waals surface area contributed by atoms with Crippen molar-refractivity contribution in [2.45, 2.75) is 13.5 Å². The van der Waals surface area contributed by atoms with E-state index in [1.54, 1.807) is 31.2 Å². The van der Waals surface area contributed by atoms with Gasteiger partial charge in [-0.3, -0.25) is 23.3 Å². The average Bonchev–Trinajstić information content (AvgIpc) is 3.16. The third-order valence-corrected chi connectivity index (χ3v) is 5.04. The van der Waals surface area contributed by atoms with Crippen LogP contribution in [-0.2, 0) is 25.4 Å². The molecule has 0 radical (unpaired) electrons. The van der Waals surface area contributed by atoms with Gasteiger partial charge in [-0.2, -0.15) is 4.98 Å². The summed E-state index contributed by atoms with van der Waals surface area (Å²) in [6.07, 6.45) is 0. The third-order valence-electron chi connectivity index (χ3n) is 5.04. The molecule has 0 fully saturated rings. The minimum absolute atomic E-state index is 0. The molecule has 1 N–H and O–H groups in total. The second-order valence-electron chi connectivity index (χ2n) is 6.92. The fourth-order valence-corrected chi connectivity index (χ4v) is 3.49. The number of hydrogen-bond acceptors (Lipinski definition) is 7. The Morgan fingerprint density at radius 3 is 2.38 bits per heavy atom. The first-order chi connectivity index (χ1) is 14.8. The molecule has 32 heavy (non-hydrogen) atoms. The molecule has 12 heteroatoms. The van der Waals surface area contributed by atoms with Crippen molar-refractivity contribution in [2.24, 2.45) is 14.1 Å². The van der Waals surface area contributed by atoms with E-state index in [0.29, 0.717) is 0 Å². The summed E-state index contributed by atoms with van der Waals surface area (Å²) in [6, 6.07) is 8.97. The summed E-state index contributed by atoms with van der Waals surface area (Å²) < 4.78 is 9.07. The minimum atomic E-state index is -1.03. The number of nitrogens with zero attached hydrogens (tertiary/aromatic N) is 5. The molecule has 0 saturated heterocycles. The number of aryl methyl sites for hydroxylation is 1. The Balaban J connectivity index is 0.00000193. The molecule has 4 aromatic rings. The summed E-state index contributed by atoms with van der Waals surface area (Å²) in [4.78, 5) is 55.2. The molecule has 4 rings (SSSR count). The third kappa shape index (κ3) is 3.48. The van der Waals surface area contributed by atoms with E-state index in [4.69, 9.17) is 4.74 Å². The zero-order chi connectivity index (χ0) is 22.4. The van der Waals surface area contributed by atoms with Crippen LogP contribution in [0.4, 0.5) is 0 Å². The van der Waals surface area contributed by atoms with Gasteiger partial charge in [0.15, 0.2) is 16.7 Å². The van der Waals surface area contributed by atoms with Gasteiger partial charge in [-0.05, 0) is 12.5 Å². The number of fused-ring (bicyclic) bond motifs is 3. The van der Waals surface area contributed by atoms with Crippen molar-refractivity contribution in [2.75, 3.05) is 6.61 Å². The van der Waals surface area contributed by atoms with E-state index in [1.165, 1.54) is 18.7 Å². The van der Waals surface area contributed by atoms with Crippen LogP contribution in [0.5, 0.6) is 5.88 Å². The molecule has 0 amide bonds. The van der Waals surface area contributed by atoms with Crippen LogP contribution in [0.2, 0.25) is 0 Å². The Labute approximate surface area is 203 Å². The molecular weight excluding hydrogens is 429 g/mol. The first-order valence-corrected chi connectivity index (χ1v) is 9.42. The molecule has 0 aliphatic heterocycles. The number of carbonyl (C=O) groups is 1. The summed E-state index contributed by atoms with van der Waals surface area (Å²) in [7, 11) is 2.69. The van der Waals surface area contributed by atoms with Gasteiger partial charge in [0.1, 0.15) is 0 Å². The molecule has 11 nitrogen and oxygen atoms in total. The molecule has 0 spiro atoms.